The van der Waals surface area contributed by atoms with E-state index < -0.39 is 0 Å². The Labute approximate surface area is 184 Å². The maximum absolute atomic E-state index is 11.5. The van der Waals surface area contributed by atoms with E-state index in [0.29, 0.717) is 11.3 Å². The fourth-order valence-electron chi connectivity index (χ4n) is 3.06. The van der Waals surface area contributed by atoms with Crippen LogP contribution in [0.5, 0.6) is 0 Å². The highest BCUT2D eigenvalue weighted by Gasteiger charge is 2.05. The molecule has 0 heterocycles. The fraction of sp³-hybridized carbons (Fsp3) is 0.192. The van der Waals surface area contributed by atoms with Crippen LogP contribution in [0.3, 0.4) is 0 Å². The minimum atomic E-state index is -0.0483. The Morgan fingerprint density at radius 3 is 2.13 bits per heavy atom. The zero-order valence-electron chi connectivity index (χ0n) is 18.4. The molecular weight excluding hydrogens is 386 g/mol. The van der Waals surface area contributed by atoms with E-state index in [9.17, 15) is 4.79 Å². The number of allylic oxidation sites excluding steroid dienone is 2. The van der Waals surface area contributed by atoms with Crippen LogP contribution >= 0.6 is 0 Å². The van der Waals surface area contributed by atoms with Gasteiger partial charge in [-0.2, -0.15) is 0 Å². The normalized spacial score (nSPS) is 10.6. The molecular formula is C26H31N3O2. The Morgan fingerprint density at radius 2 is 1.55 bits per heavy atom. The number of amides is 1. The Hall–Kier alpha value is -3.57. The number of aryl methyl sites for hydroxylation is 1. The number of rotatable bonds is 7. The molecule has 0 bridgehead atoms. The molecule has 0 saturated heterocycles. The van der Waals surface area contributed by atoms with E-state index in [0.717, 1.165) is 18.5 Å². The van der Waals surface area contributed by atoms with E-state index in [1.54, 1.807) is 20.2 Å². The third kappa shape index (κ3) is 7.64. The SMILES string of the molecule is C/C=C(\CCc1ccccc1)c1ccc(C(=O)NC)cc1.CONc1ccccc1N. The van der Waals surface area contributed by atoms with Gasteiger partial charge < -0.3 is 11.1 Å². The van der Waals surface area contributed by atoms with Crippen LogP contribution in [0.4, 0.5) is 11.4 Å². The zero-order valence-corrected chi connectivity index (χ0v) is 18.4. The van der Waals surface area contributed by atoms with Gasteiger partial charge in [0.2, 0.25) is 0 Å². The number of nitrogens with one attached hydrogen (secondary N) is 2. The van der Waals surface area contributed by atoms with Crippen molar-refractivity contribution in [3.05, 3.63) is 102 Å². The van der Waals surface area contributed by atoms with Crippen LogP contribution in [0.25, 0.3) is 5.57 Å². The molecule has 4 N–H and O–H groups in total. The second-order valence-corrected chi connectivity index (χ2v) is 6.85. The molecule has 1 amide bonds. The molecule has 5 nitrogen and oxygen atoms in total. The average Bonchev–Trinajstić information content (AvgIpc) is 2.82. The quantitative estimate of drug-likeness (QED) is 0.359. The van der Waals surface area contributed by atoms with Crippen molar-refractivity contribution < 1.29 is 9.63 Å². The highest BCUT2D eigenvalue weighted by atomic mass is 16.6. The summed E-state index contributed by atoms with van der Waals surface area (Å²) < 4.78 is 0. The largest absolute Gasteiger partial charge is 0.397 e. The smallest absolute Gasteiger partial charge is 0.251 e. The summed E-state index contributed by atoms with van der Waals surface area (Å²) in [5.74, 6) is -0.0483. The van der Waals surface area contributed by atoms with Crippen molar-refractivity contribution in [3.63, 3.8) is 0 Å². The first-order valence-electron chi connectivity index (χ1n) is 10.2. The van der Waals surface area contributed by atoms with Crippen LogP contribution < -0.4 is 16.5 Å². The summed E-state index contributed by atoms with van der Waals surface area (Å²) >= 11 is 0. The Kier molecular flexibility index (Phi) is 9.85. The minimum absolute atomic E-state index is 0.0483. The van der Waals surface area contributed by atoms with Crippen LogP contribution in [0.15, 0.2) is 84.9 Å². The summed E-state index contributed by atoms with van der Waals surface area (Å²) in [6, 6.07) is 25.7. The number of para-hydroxylation sites is 2. The third-order valence-electron chi connectivity index (χ3n) is 4.79. The summed E-state index contributed by atoms with van der Waals surface area (Å²) in [5, 5.41) is 2.64. The van der Waals surface area contributed by atoms with Crippen molar-refractivity contribution in [1.29, 1.82) is 0 Å². The van der Waals surface area contributed by atoms with E-state index >= 15 is 0 Å². The van der Waals surface area contributed by atoms with Crippen LogP contribution in [0.2, 0.25) is 0 Å². The standard InChI is InChI=1S/C19H21NO.C7H10N2O/c1-3-16(10-9-15-7-5-4-6-8-15)17-11-13-18(14-12-17)19(21)20-2;1-10-9-7-5-3-2-4-6(7)8/h3-8,11-14H,9-10H2,1-2H3,(H,20,21);2-5,9H,8H2,1H3/b16-3+;. The van der Waals surface area contributed by atoms with Crippen molar-refractivity contribution in [2.45, 2.75) is 19.8 Å². The Balaban J connectivity index is 0.000000285. The second kappa shape index (κ2) is 12.9. The molecule has 0 atom stereocenters. The number of anilines is 2. The highest BCUT2D eigenvalue weighted by Crippen LogP contribution is 2.21. The molecule has 0 saturated carbocycles. The van der Waals surface area contributed by atoms with E-state index in [4.69, 9.17) is 5.73 Å². The van der Waals surface area contributed by atoms with Crippen LogP contribution in [-0.4, -0.2) is 20.1 Å². The van der Waals surface area contributed by atoms with E-state index in [2.05, 4.69) is 52.9 Å². The van der Waals surface area contributed by atoms with Gasteiger partial charge in [0.15, 0.2) is 0 Å². The first kappa shape index (κ1) is 23.7. The number of carbonyl (C=O) groups is 1. The number of carbonyl (C=O) groups excluding carboxylic acids is 1. The van der Waals surface area contributed by atoms with Gasteiger partial charge in [-0.3, -0.25) is 15.1 Å². The maximum atomic E-state index is 11.5. The molecule has 0 aliphatic rings. The van der Waals surface area contributed by atoms with Gasteiger partial charge >= 0.3 is 0 Å². The summed E-state index contributed by atoms with van der Waals surface area (Å²) in [6.45, 7) is 2.06. The predicted molar refractivity (Wildman–Crippen MR) is 130 cm³/mol. The van der Waals surface area contributed by atoms with Crippen molar-refractivity contribution >= 4 is 22.9 Å². The van der Waals surface area contributed by atoms with Crippen molar-refractivity contribution in [2.24, 2.45) is 0 Å². The number of nitrogen functional groups attached to an aromatic ring is 1. The van der Waals surface area contributed by atoms with Gasteiger partial charge in [0.05, 0.1) is 18.5 Å². The number of nitrogens with two attached hydrogens (primary N) is 1. The van der Waals surface area contributed by atoms with Gasteiger partial charge in [0, 0.05) is 12.6 Å². The maximum Gasteiger partial charge on any atom is 0.251 e. The van der Waals surface area contributed by atoms with Crippen LogP contribution in [0, 0.1) is 0 Å². The van der Waals surface area contributed by atoms with E-state index in [1.165, 1.54) is 16.7 Å². The van der Waals surface area contributed by atoms with Gasteiger partial charge in [-0.15, -0.1) is 0 Å². The zero-order chi connectivity index (χ0) is 22.5. The van der Waals surface area contributed by atoms with E-state index in [-0.39, 0.29) is 5.91 Å². The molecule has 3 aromatic carbocycles. The highest BCUT2D eigenvalue weighted by molar-refractivity contribution is 5.94. The predicted octanol–water partition coefficient (Wildman–Crippen LogP) is 5.32. The fourth-order valence-corrected chi connectivity index (χ4v) is 3.06. The molecule has 5 heteroatoms. The lowest BCUT2D eigenvalue weighted by Gasteiger charge is -2.09. The van der Waals surface area contributed by atoms with Crippen molar-refractivity contribution in [3.8, 4) is 0 Å². The molecule has 0 fully saturated rings. The van der Waals surface area contributed by atoms with Crippen molar-refractivity contribution in [2.75, 3.05) is 25.4 Å². The molecule has 162 valence electrons. The number of hydrogen-bond acceptors (Lipinski definition) is 4. The molecule has 0 spiro atoms. The molecule has 31 heavy (non-hydrogen) atoms. The van der Waals surface area contributed by atoms with Crippen molar-refractivity contribution in [1.82, 2.24) is 5.32 Å². The number of benzene rings is 3. The average molecular weight is 418 g/mol. The first-order chi connectivity index (χ1) is 15.1. The van der Waals surface area contributed by atoms with E-state index in [1.807, 2.05) is 48.5 Å². The molecule has 0 aliphatic carbocycles. The lowest BCUT2D eigenvalue weighted by Crippen LogP contribution is -2.17. The molecule has 0 radical (unpaired) electrons. The Bertz CT molecular complexity index is 967. The molecule has 3 rings (SSSR count). The van der Waals surface area contributed by atoms with Crippen LogP contribution in [-0.2, 0) is 11.3 Å². The molecule has 0 aromatic heterocycles. The minimum Gasteiger partial charge on any atom is -0.397 e. The summed E-state index contributed by atoms with van der Waals surface area (Å²) in [7, 11) is 3.19. The summed E-state index contributed by atoms with van der Waals surface area (Å²) in [6.07, 6.45) is 4.18. The third-order valence-corrected chi connectivity index (χ3v) is 4.79. The summed E-state index contributed by atoms with van der Waals surface area (Å²) in [5.41, 5.74) is 14.2. The number of hydrogen-bond donors (Lipinski definition) is 3. The first-order valence-corrected chi connectivity index (χ1v) is 10.2. The molecule has 0 unspecified atom stereocenters. The second-order valence-electron chi connectivity index (χ2n) is 6.85. The Morgan fingerprint density at radius 1 is 0.935 bits per heavy atom. The van der Waals surface area contributed by atoms with Gasteiger partial charge in [-0.05, 0) is 60.7 Å². The van der Waals surface area contributed by atoms with Gasteiger partial charge in [0.1, 0.15) is 0 Å². The lowest BCUT2D eigenvalue weighted by atomic mass is 9.97. The monoisotopic (exact) mass is 417 g/mol. The lowest BCUT2D eigenvalue weighted by molar-refractivity contribution is 0.0963. The van der Waals surface area contributed by atoms with Gasteiger partial charge in [-0.1, -0.05) is 60.7 Å². The summed E-state index contributed by atoms with van der Waals surface area (Å²) in [4.78, 5) is 16.2. The van der Waals surface area contributed by atoms with Gasteiger partial charge in [0.25, 0.3) is 5.91 Å². The molecule has 0 aliphatic heterocycles. The molecule has 3 aromatic rings. The van der Waals surface area contributed by atoms with Crippen LogP contribution in [0.1, 0.15) is 34.8 Å². The topological polar surface area (TPSA) is 76.4 Å². The van der Waals surface area contributed by atoms with Gasteiger partial charge in [-0.25, -0.2) is 0 Å².